The van der Waals surface area contributed by atoms with Crippen molar-refractivity contribution >= 4 is 16.9 Å². The molecule has 0 aromatic rings. The van der Waals surface area contributed by atoms with Crippen molar-refractivity contribution in [2.75, 3.05) is 13.7 Å². The van der Waals surface area contributed by atoms with Gasteiger partial charge in [-0.15, -0.1) is 0 Å². The van der Waals surface area contributed by atoms with E-state index >= 15 is 0 Å². The Kier molecular flexibility index (Phi) is 3.48. The van der Waals surface area contributed by atoms with Crippen molar-refractivity contribution in [1.29, 1.82) is 0 Å². The fraction of sp³-hybridized carbons (Fsp3) is 0.889. The molecule has 4 nitrogen and oxygen atoms in total. The van der Waals surface area contributed by atoms with Crippen LogP contribution in [-0.4, -0.2) is 47.7 Å². The van der Waals surface area contributed by atoms with Gasteiger partial charge in [0.2, 0.25) is 0 Å². The van der Waals surface area contributed by atoms with Crippen LogP contribution in [0.2, 0.25) is 0 Å². The number of nitrogens with zero attached hydrogens (tertiary/aromatic N) is 1. The normalized spacial score (nSPS) is 39.9. The largest absolute Gasteiger partial charge is 0.388 e. The molecular formula is C9H15FN2O2S. The molecule has 2 heterocycles. The van der Waals surface area contributed by atoms with E-state index in [0.717, 1.165) is 11.6 Å². The summed E-state index contributed by atoms with van der Waals surface area (Å²) in [5.41, 5.74) is -0.0383. The second-order valence-corrected chi connectivity index (χ2v) is 4.83. The molecule has 0 bridgehead atoms. The molecular weight excluding hydrogens is 219 g/mol. The number of aliphatic hydroxyl groups excluding tert-OH is 1. The average Bonchev–Trinajstić information content (AvgIpc) is 2.69. The van der Waals surface area contributed by atoms with Crippen molar-refractivity contribution in [2.24, 2.45) is 4.99 Å². The summed E-state index contributed by atoms with van der Waals surface area (Å²) in [6.45, 7) is -0.741. The molecule has 2 fully saturated rings. The van der Waals surface area contributed by atoms with Crippen molar-refractivity contribution in [3.63, 3.8) is 0 Å². The molecule has 0 radical (unpaired) electrons. The molecule has 2 aliphatic rings. The van der Waals surface area contributed by atoms with Crippen LogP contribution in [0.4, 0.5) is 4.39 Å². The van der Waals surface area contributed by atoms with Crippen LogP contribution in [0.3, 0.4) is 0 Å². The van der Waals surface area contributed by atoms with Gasteiger partial charge < -0.3 is 15.2 Å². The minimum absolute atomic E-state index is 0.0383. The number of ether oxygens (including phenoxy) is 1. The van der Waals surface area contributed by atoms with E-state index < -0.39 is 12.8 Å². The molecule has 0 amide bonds. The highest BCUT2D eigenvalue weighted by Gasteiger charge is 2.40. The van der Waals surface area contributed by atoms with E-state index in [-0.39, 0.29) is 17.6 Å². The Labute approximate surface area is 92.3 Å². The van der Waals surface area contributed by atoms with Crippen LogP contribution in [-0.2, 0) is 4.74 Å². The lowest BCUT2D eigenvalue weighted by molar-refractivity contribution is -0.0870. The fourth-order valence-corrected chi connectivity index (χ4v) is 2.98. The number of halogens is 1. The molecule has 0 unspecified atom stereocenters. The quantitative estimate of drug-likeness (QED) is 0.731. The number of fused-ring (bicyclic) bond motifs is 1. The summed E-state index contributed by atoms with van der Waals surface area (Å²) in [6, 6.07) is 0.247. The third-order valence-electron chi connectivity index (χ3n) is 2.73. The fourth-order valence-electron chi connectivity index (χ4n) is 1.87. The monoisotopic (exact) mass is 234 g/mol. The Balaban J connectivity index is 1.95. The van der Waals surface area contributed by atoms with Crippen LogP contribution in [0.25, 0.3) is 0 Å². The van der Waals surface area contributed by atoms with E-state index in [0.29, 0.717) is 6.42 Å². The molecule has 6 heteroatoms. The molecule has 2 aliphatic heterocycles. The molecule has 2 saturated heterocycles. The second kappa shape index (κ2) is 4.67. The van der Waals surface area contributed by atoms with Gasteiger partial charge in [-0.2, -0.15) is 0 Å². The van der Waals surface area contributed by atoms with Crippen LogP contribution >= 0.6 is 11.8 Å². The van der Waals surface area contributed by atoms with Crippen LogP contribution in [0.15, 0.2) is 4.99 Å². The van der Waals surface area contributed by atoms with Gasteiger partial charge >= 0.3 is 0 Å². The number of rotatable bonds is 2. The van der Waals surface area contributed by atoms with Gasteiger partial charge in [-0.3, -0.25) is 4.99 Å². The van der Waals surface area contributed by atoms with Gasteiger partial charge in [-0.25, -0.2) is 4.39 Å². The maximum atomic E-state index is 12.3. The van der Waals surface area contributed by atoms with Gasteiger partial charge in [0.25, 0.3) is 0 Å². The number of aliphatic imine (C=N–C) groups is 1. The lowest BCUT2D eigenvalue weighted by atomic mass is 10.0. The Bertz CT molecular complexity index is 264. The minimum Gasteiger partial charge on any atom is -0.388 e. The van der Waals surface area contributed by atoms with E-state index in [4.69, 9.17) is 4.74 Å². The molecule has 0 aliphatic carbocycles. The van der Waals surface area contributed by atoms with Crippen LogP contribution in [0.1, 0.15) is 12.8 Å². The predicted molar refractivity (Wildman–Crippen MR) is 57.8 cm³/mol. The van der Waals surface area contributed by atoms with Crippen molar-refractivity contribution in [2.45, 2.75) is 36.5 Å². The highest BCUT2D eigenvalue weighted by atomic mass is 32.2. The Morgan fingerprint density at radius 1 is 1.73 bits per heavy atom. The van der Waals surface area contributed by atoms with Crippen molar-refractivity contribution in [3.8, 4) is 0 Å². The highest BCUT2D eigenvalue weighted by molar-refractivity contribution is 8.14. The Morgan fingerprint density at radius 2 is 2.53 bits per heavy atom. The minimum atomic E-state index is -0.992. The number of nitrogens with one attached hydrogen (secondary N) is 1. The molecule has 4 atom stereocenters. The summed E-state index contributed by atoms with van der Waals surface area (Å²) in [5, 5.41) is 13.5. The van der Waals surface area contributed by atoms with Gasteiger partial charge in [0.1, 0.15) is 18.2 Å². The van der Waals surface area contributed by atoms with E-state index in [1.54, 1.807) is 7.05 Å². The Morgan fingerprint density at radius 3 is 3.20 bits per heavy atom. The van der Waals surface area contributed by atoms with E-state index in [9.17, 15) is 9.50 Å². The molecule has 0 aromatic carbocycles. The number of thioether (sulfide) groups is 1. The van der Waals surface area contributed by atoms with Crippen LogP contribution < -0.4 is 5.32 Å². The van der Waals surface area contributed by atoms with Gasteiger partial charge in [0.15, 0.2) is 5.17 Å². The maximum Gasteiger partial charge on any atom is 0.159 e. The number of alkyl halides is 1. The van der Waals surface area contributed by atoms with Crippen molar-refractivity contribution in [3.05, 3.63) is 0 Å². The zero-order valence-corrected chi connectivity index (χ0v) is 9.34. The van der Waals surface area contributed by atoms with Gasteiger partial charge in [-0.05, 0) is 12.8 Å². The summed E-state index contributed by atoms with van der Waals surface area (Å²) in [7, 11) is 1.72. The van der Waals surface area contributed by atoms with Crippen LogP contribution in [0.5, 0.6) is 0 Å². The van der Waals surface area contributed by atoms with E-state index in [1.165, 1.54) is 11.8 Å². The van der Waals surface area contributed by atoms with Crippen molar-refractivity contribution < 1.29 is 14.2 Å². The number of hydrogen-bond acceptors (Lipinski definition) is 4. The summed E-state index contributed by atoms with van der Waals surface area (Å²) in [5.74, 6) is 0. The first-order chi connectivity index (χ1) is 7.24. The van der Waals surface area contributed by atoms with E-state index in [2.05, 4.69) is 10.3 Å². The lowest BCUT2D eigenvalue weighted by Crippen LogP contribution is -2.44. The first-order valence-corrected chi connectivity index (χ1v) is 5.92. The number of hydrogen-bond donors (Lipinski definition) is 2. The lowest BCUT2D eigenvalue weighted by Gasteiger charge is -2.32. The highest BCUT2D eigenvalue weighted by Crippen LogP contribution is 2.34. The third-order valence-corrected chi connectivity index (χ3v) is 3.92. The zero-order chi connectivity index (χ0) is 10.8. The number of amidine groups is 1. The SMILES string of the molecule is CN=C1N[C@@H]2CC[C@@H]([C@H](O)CF)O[C@@H]2S1. The molecule has 86 valence electrons. The van der Waals surface area contributed by atoms with Gasteiger partial charge in [-0.1, -0.05) is 11.8 Å². The summed E-state index contributed by atoms with van der Waals surface area (Å²) >= 11 is 1.51. The standard InChI is InChI=1S/C9H15FN2O2S/c1-11-9-12-5-2-3-7(6(13)4-10)14-8(5)15-9/h5-8,13H,2-4H2,1H3,(H,11,12)/t5-,6-,7+,8-/m1/s1. The average molecular weight is 234 g/mol. The summed E-state index contributed by atoms with van der Waals surface area (Å²) in [4.78, 5) is 4.05. The first kappa shape index (κ1) is 11.2. The maximum absolute atomic E-state index is 12.3. The third kappa shape index (κ3) is 2.26. The summed E-state index contributed by atoms with van der Waals surface area (Å²) < 4.78 is 17.9. The summed E-state index contributed by atoms with van der Waals surface area (Å²) in [6.07, 6.45) is 0.214. The zero-order valence-electron chi connectivity index (χ0n) is 8.52. The molecule has 0 saturated carbocycles. The van der Waals surface area contributed by atoms with Crippen molar-refractivity contribution in [1.82, 2.24) is 5.32 Å². The molecule has 0 aromatic heterocycles. The predicted octanol–water partition coefficient (Wildman–Crippen LogP) is 0.513. The van der Waals surface area contributed by atoms with E-state index in [1.807, 2.05) is 0 Å². The smallest absolute Gasteiger partial charge is 0.159 e. The molecule has 2 rings (SSSR count). The Hall–Kier alpha value is -0.330. The van der Waals surface area contributed by atoms with Crippen LogP contribution in [0, 0.1) is 0 Å². The molecule has 15 heavy (non-hydrogen) atoms. The molecule has 0 spiro atoms. The van der Waals surface area contributed by atoms with Gasteiger partial charge in [0, 0.05) is 7.05 Å². The van der Waals surface area contributed by atoms with Gasteiger partial charge in [0.05, 0.1) is 12.1 Å². The first-order valence-electron chi connectivity index (χ1n) is 5.04. The molecule has 2 N–H and O–H groups in total. The second-order valence-electron chi connectivity index (χ2n) is 3.74. The topological polar surface area (TPSA) is 53.9 Å². The number of aliphatic hydroxyl groups is 1.